The van der Waals surface area contributed by atoms with Gasteiger partial charge in [0.25, 0.3) is 0 Å². The molecular weight excluding hydrogens is 276 g/mol. The molecule has 100 valence electrons. The summed E-state index contributed by atoms with van der Waals surface area (Å²) in [5.74, 6) is -0.265. The average Bonchev–Trinajstić information content (AvgIpc) is 2.26. The van der Waals surface area contributed by atoms with Crippen molar-refractivity contribution >= 4 is 33.2 Å². The molecule has 1 unspecified atom stereocenters. The van der Waals surface area contributed by atoms with Crippen molar-refractivity contribution < 1.29 is 13.2 Å². The summed E-state index contributed by atoms with van der Waals surface area (Å²) in [6.07, 6.45) is 0.717. The molecule has 0 aromatic heterocycles. The number of hydrogen-bond donors (Lipinski definition) is 2. The summed E-state index contributed by atoms with van der Waals surface area (Å²) < 4.78 is 22.3. The number of carbonyl (C=O) groups excluding carboxylic acids is 1. The fourth-order valence-electron chi connectivity index (χ4n) is 1.26. The first-order chi connectivity index (χ1) is 8.25. The van der Waals surface area contributed by atoms with Crippen LogP contribution in [-0.2, 0) is 14.8 Å². The average molecular weight is 291 g/mol. The standard InChI is InChI=1S/C11H15ClN2O3S/c1-3-7(2)11(15)14-8-4-5-10(9(12)6-8)18(13,16)17/h4-7H,3H2,1-2H3,(H,14,15)(H2,13,16,17). The minimum absolute atomic E-state index is 0.0144. The number of benzene rings is 1. The highest BCUT2D eigenvalue weighted by Gasteiger charge is 2.15. The Hall–Kier alpha value is -1.11. The summed E-state index contributed by atoms with van der Waals surface area (Å²) >= 11 is 5.80. The van der Waals surface area contributed by atoms with Gasteiger partial charge in [-0.25, -0.2) is 13.6 Å². The highest BCUT2D eigenvalue weighted by Crippen LogP contribution is 2.24. The van der Waals surface area contributed by atoms with Gasteiger partial charge in [0.05, 0.1) is 5.02 Å². The number of primary sulfonamides is 1. The second-order valence-corrected chi connectivity index (χ2v) is 5.93. The lowest BCUT2D eigenvalue weighted by Crippen LogP contribution is -2.20. The van der Waals surface area contributed by atoms with E-state index in [1.807, 2.05) is 6.92 Å². The predicted molar refractivity (Wildman–Crippen MR) is 70.9 cm³/mol. The molecule has 0 heterocycles. The Labute approximate surface area is 111 Å². The fraction of sp³-hybridized carbons (Fsp3) is 0.364. The van der Waals surface area contributed by atoms with Crippen LogP contribution in [0.4, 0.5) is 5.69 Å². The molecule has 3 N–H and O–H groups in total. The van der Waals surface area contributed by atoms with Crippen molar-refractivity contribution in [2.24, 2.45) is 11.1 Å². The van der Waals surface area contributed by atoms with E-state index in [-0.39, 0.29) is 21.7 Å². The first-order valence-electron chi connectivity index (χ1n) is 5.39. The second-order valence-electron chi connectivity index (χ2n) is 3.99. The maximum absolute atomic E-state index is 11.6. The van der Waals surface area contributed by atoms with Crippen LogP contribution in [0.5, 0.6) is 0 Å². The van der Waals surface area contributed by atoms with Crippen molar-refractivity contribution in [3.63, 3.8) is 0 Å². The molecule has 0 fully saturated rings. The zero-order valence-corrected chi connectivity index (χ0v) is 11.7. The van der Waals surface area contributed by atoms with Crippen LogP contribution in [0.3, 0.4) is 0 Å². The monoisotopic (exact) mass is 290 g/mol. The quantitative estimate of drug-likeness (QED) is 0.888. The normalized spacial score (nSPS) is 13.1. The first kappa shape index (κ1) is 14.9. The van der Waals surface area contributed by atoms with Gasteiger partial charge in [-0.05, 0) is 24.6 Å². The molecule has 0 aliphatic heterocycles. The molecule has 7 heteroatoms. The Balaban J connectivity index is 2.96. The molecule has 18 heavy (non-hydrogen) atoms. The van der Waals surface area contributed by atoms with Gasteiger partial charge in [0, 0.05) is 11.6 Å². The third-order valence-electron chi connectivity index (χ3n) is 2.57. The molecule has 5 nitrogen and oxygen atoms in total. The van der Waals surface area contributed by atoms with E-state index in [1.54, 1.807) is 6.92 Å². The lowest BCUT2D eigenvalue weighted by atomic mass is 10.1. The molecule has 1 aromatic rings. The molecule has 0 bridgehead atoms. The third-order valence-corrected chi connectivity index (χ3v) is 3.96. The fourth-order valence-corrected chi connectivity index (χ4v) is 2.35. The number of nitrogens with one attached hydrogen (secondary N) is 1. The van der Waals surface area contributed by atoms with Crippen molar-refractivity contribution in [1.82, 2.24) is 0 Å². The molecule has 0 aliphatic rings. The zero-order chi connectivity index (χ0) is 13.9. The number of amides is 1. The highest BCUT2D eigenvalue weighted by molar-refractivity contribution is 7.89. The van der Waals surface area contributed by atoms with Gasteiger partial charge in [0.2, 0.25) is 15.9 Å². The minimum Gasteiger partial charge on any atom is -0.326 e. The summed E-state index contributed by atoms with van der Waals surface area (Å²) in [6, 6.07) is 4.08. The van der Waals surface area contributed by atoms with Gasteiger partial charge in [-0.2, -0.15) is 0 Å². The third kappa shape index (κ3) is 3.69. The summed E-state index contributed by atoms with van der Waals surface area (Å²) in [7, 11) is -3.84. The number of rotatable bonds is 4. The Morgan fingerprint density at radius 2 is 2.11 bits per heavy atom. The molecular formula is C11H15ClN2O3S. The van der Waals surface area contributed by atoms with Crippen molar-refractivity contribution in [2.75, 3.05) is 5.32 Å². The number of anilines is 1. The topological polar surface area (TPSA) is 89.3 Å². The Kier molecular flexibility index (Phi) is 4.72. The molecule has 1 atom stereocenters. The van der Waals surface area contributed by atoms with Crippen LogP contribution in [-0.4, -0.2) is 14.3 Å². The molecule has 0 aliphatic carbocycles. The van der Waals surface area contributed by atoms with E-state index < -0.39 is 10.0 Å². The van der Waals surface area contributed by atoms with Crippen LogP contribution in [0.25, 0.3) is 0 Å². The summed E-state index contributed by atoms with van der Waals surface area (Å²) in [6.45, 7) is 3.71. The maximum atomic E-state index is 11.6. The van der Waals surface area contributed by atoms with Gasteiger partial charge in [0.1, 0.15) is 4.90 Å². The molecule has 1 amide bonds. The predicted octanol–water partition coefficient (Wildman–Crippen LogP) is 1.97. The molecule has 0 saturated carbocycles. The number of carbonyl (C=O) groups is 1. The SMILES string of the molecule is CCC(C)C(=O)Nc1ccc(S(N)(=O)=O)c(Cl)c1. The van der Waals surface area contributed by atoms with Crippen LogP contribution >= 0.6 is 11.6 Å². The zero-order valence-electron chi connectivity index (χ0n) is 10.1. The largest absolute Gasteiger partial charge is 0.326 e. The van der Waals surface area contributed by atoms with Gasteiger partial charge in [0.15, 0.2) is 0 Å². The Bertz CT molecular complexity index is 557. The molecule has 1 aromatic carbocycles. The van der Waals surface area contributed by atoms with E-state index in [2.05, 4.69) is 5.32 Å². The van der Waals surface area contributed by atoms with Crippen LogP contribution in [0.2, 0.25) is 5.02 Å². The van der Waals surface area contributed by atoms with E-state index in [0.29, 0.717) is 5.69 Å². The first-order valence-corrected chi connectivity index (χ1v) is 7.31. The van der Waals surface area contributed by atoms with E-state index in [9.17, 15) is 13.2 Å². The molecule has 1 rings (SSSR count). The van der Waals surface area contributed by atoms with Gasteiger partial charge < -0.3 is 5.32 Å². The van der Waals surface area contributed by atoms with Gasteiger partial charge in [-0.15, -0.1) is 0 Å². The summed E-state index contributed by atoms with van der Waals surface area (Å²) in [4.78, 5) is 11.5. The van der Waals surface area contributed by atoms with Crippen molar-refractivity contribution in [2.45, 2.75) is 25.2 Å². The van der Waals surface area contributed by atoms with Crippen molar-refractivity contribution in [3.05, 3.63) is 23.2 Å². The molecule has 0 radical (unpaired) electrons. The smallest absolute Gasteiger partial charge is 0.239 e. The van der Waals surface area contributed by atoms with Gasteiger partial charge in [-0.1, -0.05) is 25.4 Å². The Morgan fingerprint density at radius 3 is 2.56 bits per heavy atom. The van der Waals surface area contributed by atoms with Crippen LogP contribution in [0, 0.1) is 5.92 Å². The van der Waals surface area contributed by atoms with E-state index in [0.717, 1.165) is 6.42 Å². The van der Waals surface area contributed by atoms with Gasteiger partial charge in [-0.3, -0.25) is 4.79 Å². The van der Waals surface area contributed by atoms with Crippen LogP contribution < -0.4 is 10.5 Å². The number of nitrogens with two attached hydrogens (primary N) is 1. The summed E-state index contributed by atoms with van der Waals surface area (Å²) in [5.41, 5.74) is 0.442. The van der Waals surface area contributed by atoms with Crippen LogP contribution in [0.15, 0.2) is 23.1 Å². The van der Waals surface area contributed by atoms with E-state index in [4.69, 9.17) is 16.7 Å². The summed E-state index contributed by atoms with van der Waals surface area (Å²) in [5, 5.41) is 7.62. The minimum atomic E-state index is -3.84. The molecule has 0 spiro atoms. The number of hydrogen-bond acceptors (Lipinski definition) is 3. The van der Waals surface area contributed by atoms with Crippen molar-refractivity contribution in [3.8, 4) is 0 Å². The van der Waals surface area contributed by atoms with Crippen molar-refractivity contribution in [1.29, 1.82) is 0 Å². The highest BCUT2D eigenvalue weighted by atomic mass is 35.5. The lowest BCUT2D eigenvalue weighted by Gasteiger charge is -2.11. The number of sulfonamides is 1. The molecule has 0 saturated heterocycles. The Morgan fingerprint density at radius 1 is 1.50 bits per heavy atom. The number of halogens is 1. The van der Waals surface area contributed by atoms with E-state index in [1.165, 1.54) is 18.2 Å². The lowest BCUT2D eigenvalue weighted by molar-refractivity contribution is -0.119. The van der Waals surface area contributed by atoms with Crippen LogP contribution in [0.1, 0.15) is 20.3 Å². The van der Waals surface area contributed by atoms with E-state index >= 15 is 0 Å². The van der Waals surface area contributed by atoms with Gasteiger partial charge >= 0.3 is 0 Å². The second kappa shape index (κ2) is 5.69. The maximum Gasteiger partial charge on any atom is 0.239 e.